The lowest BCUT2D eigenvalue weighted by molar-refractivity contribution is 0.0963. The minimum atomic E-state index is -0.301. The number of nitrogens with zero attached hydrogens (tertiary/aromatic N) is 4. The van der Waals surface area contributed by atoms with Crippen LogP contribution in [0.15, 0.2) is 53.1 Å². The zero-order valence-corrected chi connectivity index (χ0v) is 24.0. The van der Waals surface area contributed by atoms with Gasteiger partial charge in [0.1, 0.15) is 35.7 Å². The van der Waals surface area contributed by atoms with E-state index in [1.807, 2.05) is 57.2 Å². The number of hydrogen-bond acceptors (Lipinski definition) is 9. The maximum absolute atomic E-state index is 12.6. The first-order chi connectivity index (χ1) is 19.9. The largest absolute Gasteiger partial charge is 0.497 e. The van der Waals surface area contributed by atoms with E-state index in [1.165, 1.54) is 0 Å². The van der Waals surface area contributed by atoms with Gasteiger partial charge < -0.3 is 29.4 Å². The Labute approximate surface area is 240 Å². The molecule has 2 N–H and O–H groups in total. The van der Waals surface area contributed by atoms with Crippen molar-refractivity contribution in [3.63, 3.8) is 0 Å². The smallest absolute Gasteiger partial charge is 0.295 e. The summed E-state index contributed by atoms with van der Waals surface area (Å²) in [6.07, 6.45) is 3.63. The monoisotopic (exact) mass is 560 g/mol. The van der Waals surface area contributed by atoms with Gasteiger partial charge in [0.25, 0.3) is 6.01 Å². The lowest BCUT2D eigenvalue weighted by Crippen LogP contribution is -2.39. The summed E-state index contributed by atoms with van der Waals surface area (Å²) in [6.45, 7) is 8.62. The minimum absolute atomic E-state index is 0.139. The van der Waals surface area contributed by atoms with Gasteiger partial charge in [-0.05, 0) is 87.2 Å². The van der Waals surface area contributed by atoms with Crippen LogP contribution >= 0.6 is 0 Å². The van der Waals surface area contributed by atoms with Crippen LogP contribution in [-0.2, 0) is 0 Å². The van der Waals surface area contributed by atoms with Crippen LogP contribution in [0, 0.1) is 13.8 Å². The predicted molar refractivity (Wildman–Crippen MR) is 159 cm³/mol. The Hall–Kier alpha value is -4.18. The fourth-order valence-electron chi connectivity index (χ4n) is 5.00. The van der Waals surface area contributed by atoms with E-state index in [1.54, 1.807) is 19.4 Å². The molecule has 0 saturated carbocycles. The summed E-state index contributed by atoms with van der Waals surface area (Å²) in [7, 11) is 1.65. The van der Waals surface area contributed by atoms with Crippen molar-refractivity contribution in [2.24, 2.45) is 0 Å². The summed E-state index contributed by atoms with van der Waals surface area (Å²) >= 11 is 0. The third-order valence-electron chi connectivity index (χ3n) is 7.06. The first kappa shape index (κ1) is 28.4. The number of hydrogen-bond donors (Lipinski definition) is 2. The van der Waals surface area contributed by atoms with Crippen molar-refractivity contribution >= 4 is 17.7 Å². The summed E-state index contributed by atoms with van der Waals surface area (Å²) < 4.78 is 30.5. The molecule has 1 saturated heterocycles. The number of anilines is 3. The normalized spacial score (nSPS) is 14.2. The molecule has 0 radical (unpaired) electrons. The number of methoxy groups -OCH3 is 1. The molecule has 0 spiro atoms. The zero-order valence-electron chi connectivity index (χ0n) is 24.0. The predicted octanol–water partition coefficient (Wildman–Crippen LogP) is 6.41. The number of oxazole rings is 1. The Kier molecular flexibility index (Phi) is 8.98. The average molecular weight is 561 g/mol. The number of rotatable bonds is 11. The van der Waals surface area contributed by atoms with Gasteiger partial charge in [-0.1, -0.05) is 0 Å². The zero-order chi connectivity index (χ0) is 28.8. The summed E-state index contributed by atoms with van der Waals surface area (Å²) in [6, 6.07) is 14.1. The van der Waals surface area contributed by atoms with Gasteiger partial charge in [-0.25, -0.2) is 14.4 Å². The van der Waals surface area contributed by atoms with E-state index in [4.69, 9.17) is 23.9 Å². The number of alkyl halides is 1. The first-order valence-electron chi connectivity index (χ1n) is 14.0. The third kappa shape index (κ3) is 6.94. The van der Waals surface area contributed by atoms with Gasteiger partial charge in [0.2, 0.25) is 5.95 Å². The van der Waals surface area contributed by atoms with Gasteiger partial charge in [0, 0.05) is 43.6 Å². The number of piperidine rings is 1. The van der Waals surface area contributed by atoms with Crippen LogP contribution in [0.1, 0.15) is 30.9 Å². The molecule has 216 valence electrons. The Morgan fingerprint density at radius 3 is 2.63 bits per heavy atom. The molecule has 41 heavy (non-hydrogen) atoms. The van der Waals surface area contributed by atoms with Crippen molar-refractivity contribution in [1.29, 1.82) is 0 Å². The van der Waals surface area contributed by atoms with Crippen molar-refractivity contribution in [3.05, 3.63) is 59.8 Å². The van der Waals surface area contributed by atoms with E-state index in [0.717, 1.165) is 59.8 Å². The van der Waals surface area contributed by atoms with Crippen molar-refractivity contribution in [2.45, 2.75) is 39.7 Å². The Balaban J connectivity index is 1.34. The van der Waals surface area contributed by atoms with E-state index in [2.05, 4.69) is 20.5 Å². The van der Waals surface area contributed by atoms with Crippen molar-refractivity contribution in [3.8, 4) is 34.2 Å². The molecule has 10 heteroatoms. The van der Waals surface area contributed by atoms with Gasteiger partial charge in [0.05, 0.1) is 7.11 Å². The van der Waals surface area contributed by atoms with E-state index in [9.17, 15) is 4.39 Å². The Bertz CT molecular complexity index is 1470. The third-order valence-corrected chi connectivity index (χ3v) is 7.06. The van der Waals surface area contributed by atoms with Gasteiger partial charge >= 0.3 is 0 Å². The highest BCUT2D eigenvalue weighted by Crippen LogP contribution is 2.36. The highest BCUT2D eigenvalue weighted by atomic mass is 19.1. The molecule has 1 aliphatic rings. The Morgan fingerprint density at radius 2 is 1.90 bits per heavy atom. The summed E-state index contributed by atoms with van der Waals surface area (Å²) in [4.78, 5) is 16.0. The lowest BCUT2D eigenvalue weighted by atomic mass is 10.1. The van der Waals surface area contributed by atoms with Gasteiger partial charge in [-0.2, -0.15) is 4.98 Å². The van der Waals surface area contributed by atoms with E-state index in [-0.39, 0.29) is 12.8 Å². The molecule has 2 aromatic carbocycles. The number of likely N-dealkylation sites (tertiary alicyclic amines) is 1. The molecule has 0 aliphatic carbocycles. The standard InChI is InChI=1S/C31H37FN6O3/c1-5-33-31-37-28(22-16-20(2)17-25(19-22)39-4)29(41-31)26-8-12-34-30(36-26)35-23-6-7-27(21(3)18-23)40-24-9-13-38(14-10-24)15-11-32/h6-8,12,16-19,24H,5,9-11,13-15H2,1-4H3,(H,33,37)(H,34,35,36). The van der Waals surface area contributed by atoms with Crippen molar-refractivity contribution in [1.82, 2.24) is 19.9 Å². The molecule has 4 aromatic rings. The molecule has 3 heterocycles. The molecule has 0 atom stereocenters. The molecule has 0 bridgehead atoms. The molecular formula is C31H37FN6O3. The second-order valence-electron chi connectivity index (χ2n) is 10.2. The second-order valence-corrected chi connectivity index (χ2v) is 10.2. The van der Waals surface area contributed by atoms with E-state index in [0.29, 0.717) is 42.2 Å². The molecule has 9 nitrogen and oxygen atoms in total. The lowest BCUT2D eigenvalue weighted by Gasteiger charge is -2.31. The SMILES string of the molecule is CCNc1nc(-c2cc(C)cc(OC)c2)c(-c2ccnc(Nc3ccc(OC4CCN(CCF)CC4)c(C)c3)n2)o1. The quantitative estimate of drug-likeness (QED) is 0.216. The molecule has 1 fully saturated rings. The number of benzene rings is 2. The van der Waals surface area contributed by atoms with E-state index < -0.39 is 0 Å². The van der Waals surface area contributed by atoms with Crippen LogP contribution in [0.25, 0.3) is 22.7 Å². The van der Waals surface area contributed by atoms with E-state index >= 15 is 0 Å². The average Bonchev–Trinajstić information content (AvgIpc) is 3.40. The van der Waals surface area contributed by atoms with Crippen LogP contribution in [0.5, 0.6) is 11.5 Å². The summed E-state index contributed by atoms with van der Waals surface area (Å²) in [5.41, 5.74) is 5.05. The van der Waals surface area contributed by atoms with Crippen LogP contribution in [-0.4, -0.2) is 65.9 Å². The number of nitrogens with one attached hydrogen (secondary N) is 2. The van der Waals surface area contributed by atoms with Crippen molar-refractivity contribution < 1.29 is 18.3 Å². The number of halogens is 1. The number of aryl methyl sites for hydroxylation is 2. The highest BCUT2D eigenvalue weighted by molar-refractivity contribution is 5.78. The maximum atomic E-state index is 12.6. The maximum Gasteiger partial charge on any atom is 0.295 e. The van der Waals surface area contributed by atoms with Gasteiger partial charge in [0.15, 0.2) is 5.76 Å². The van der Waals surface area contributed by atoms with Crippen LogP contribution in [0.2, 0.25) is 0 Å². The molecule has 0 amide bonds. The van der Waals surface area contributed by atoms with Crippen molar-refractivity contribution in [2.75, 3.05) is 50.6 Å². The minimum Gasteiger partial charge on any atom is -0.497 e. The summed E-state index contributed by atoms with van der Waals surface area (Å²) in [5, 5.41) is 6.46. The second kappa shape index (κ2) is 13.0. The van der Waals surface area contributed by atoms with Crippen LogP contribution in [0.4, 0.5) is 22.0 Å². The first-order valence-corrected chi connectivity index (χ1v) is 14.0. The molecule has 1 aliphatic heterocycles. The fraction of sp³-hybridized carbons (Fsp3) is 0.387. The number of aromatic nitrogens is 3. The van der Waals surface area contributed by atoms with Crippen LogP contribution < -0.4 is 20.1 Å². The topological polar surface area (TPSA) is 97.6 Å². The summed E-state index contributed by atoms with van der Waals surface area (Å²) in [5.74, 6) is 2.57. The fourth-order valence-corrected chi connectivity index (χ4v) is 5.00. The molecule has 5 rings (SSSR count). The van der Waals surface area contributed by atoms with Gasteiger partial charge in [-0.15, -0.1) is 0 Å². The molecule has 0 unspecified atom stereocenters. The molecular weight excluding hydrogens is 523 g/mol. The highest BCUT2D eigenvalue weighted by Gasteiger charge is 2.22. The Morgan fingerprint density at radius 1 is 1.07 bits per heavy atom. The van der Waals surface area contributed by atoms with Gasteiger partial charge in [-0.3, -0.25) is 0 Å². The molecule has 2 aromatic heterocycles. The van der Waals surface area contributed by atoms with Crippen LogP contribution in [0.3, 0.4) is 0 Å². The number of ether oxygens (including phenoxy) is 2.